The average molecular weight is 199 g/mol. The molecule has 0 saturated carbocycles. The van der Waals surface area contributed by atoms with Crippen molar-refractivity contribution in [1.29, 1.82) is 0 Å². The molecule has 0 saturated heterocycles. The zero-order valence-electron chi connectivity index (χ0n) is 8.20. The number of hydrogen-bond acceptors (Lipinski definition) is 2. The van der Waals surface area contributed by atoms with E-state index in [-0.39, 0.29) is 5.91 Å². The fraction of sp³-hybridized carbons (Fsp3) is 0.0833. The first-order chi connectivity index (χ1) is 7.31. The molecule has 3 nitrogen and oxygen atoms in total. The highest BCUT2D eigenvalue weighted by atomic mass is 16.5. The second-order valence-corrected chi connectivity index (χ2v) is 3.50. The number of methoxy groups -OCH3 is 1. The number of rotatable bonds is 1. The number of hydrogen-bond donors (Lipinski definition) is 1. The smallest absolute Gasteiger partial charge is 0.256 e. The highest BCUT2D eigenvalue weighted by molar-refractivity contribution is 6.24. The van der Waals surface area contributed by atoms with Gasteiger partial charge in [0.05, 0.1) is 7.11 Å². The largest absolute Gasteiger partial charge is 0.496 e. The van der Waals surface area contributed by atoms with Crippen LogP contribution in [0.2, 0.25) is 0 Å². The van der Waals surface area contributed by atoms with Gasteiger partial charge in [0, 0.05) is 22.0 Å². The van der Waals surface area contributed by atoms with Gasteiger partial charge in [0.1, 0.15) is 5.75 Å². The highest BCUT2D eigenvalue weighted by Crippen LogP contribution is 2.37. The van der Waals surface area contributed by atoms with Crippen molar-refractivity contribution in [1.82, 2.24) is 0 Å². The summed E-state index contributed by atoms with van der Waals surface area (Å²) in [5.74, 6) is 0.760. The Balaban J connectivity index is 2.50. The molecule has 1 amide bonds. The van der Waals surface area contributed by atoms with Crippen LogP contribution in [-0.4, -0.2) is 13.0 Å². The summed E-state index contributed by atoms with van der Waals surface area (Å²) in [6.07, 6.45) is 0. The Morgan fingerprint density at radius 2 is 2.07 bits per heavy atom. The molecule has 0 radical (unpaired) electrons. The SMILES string of the molecule is COc1ccc2c3c(cccc13)C(=O)N2. The first-order valence-corrected chi connectivity index (χ1v) is 4.72. The Morgan fingerprint density at radius 3 is 2.87 bits per heavy atom. The van der Waals surface area contributed by atoms with Gasteiger partial charge in [0.25, 0.3) is 5.91 Å². The Morgan fingerprint density at radius 1 is 1.20 bits per heavy atom. The van der Waals surface area contributed by atoms with E-state index in [1.54, 1.807) is 7.11 Å². The molecule has 0 aromatic heterocycles. The lowest BCUT2D eigenvalue weighted by Crippen LogP contribution is -2.03. The van der Waals surface area contributed by atoms with E-state index in [0.717, 1.165) is 27.8 Å². The molecule has 1 heterocycles. The van der Waals surface area contributed by atoms with E-state index in [1.165, 1.54) is 0 Å². The van der Waals surface area contributed by atoms with Crippen LogP contribution in [0, 0.1) is 0 Å². The molecule has 3 rings (SSSR count). The summed E-state index contributed by atoms with van der Waals surface area (Å²) in [4.78, 5) is 11.6. The standard InChI is InChI=1S/C12H9NO2/c1-15-10-6-5-9-11-7(10)3-2-4-8(11)12(14)13-9/h2-6H,1H3,(H,13,14). The number of amides is 1. The summed E-state index contributed by atoms with van der Waals surface area (Å²) in [5.41, 5.74) is 1.59. The van der Waals surface area contributed by atoms with Gasteiger partial charge in [0.15, 0.2) is 0 Å². The molecule has 0 bridgehead atoms. The summed E-state index contributed by atoms with van der Waals surface area (Å²) in [6.45, 7) is 0. The first kappa shape index (κ1) is 8.29. The first-order valence-electron chi connectivity index (χ1n) is 4.72. The van der Waals surface area contributed by atoms with Crippen molar-refractivity contribution in [3.05, 3.63) is 35.9 Å². The molecular weight excluding hydrogens is 190 g/mol. The van der Waals surface area contributed by atoms with Crippen molar-refractivity contribution in [3.8, 4) is 5.75 Å². The molecule has 2 aromatic rings. The minimum Gasteiger partial charge on any atom is -0.496 e. The normalized spacial score (nSPS) is 13.0. The fourth-order valence-corrected chi connectivity index (χ4v) is 2.04. The minimum atomic E-state index is -0.0381. The van der Waals surface area contributed by atoms with Crippen molar-refractivity contribution in [2.24, 2.45) is 0 Å². The molecule has 2 aromatic carbocycles. The van der Waals surface area contributed by atoms with Crippen LogP contribution < -0.4 is 10.1 Å². The maximum absolute atomic E-state index is 11.6. The van der Waals surface area contributed by atoms with Gasteiger partial charge >= 0.3 is 0 Å². The molecule has 0 atom stereocenters. The number of ether oxygens (including phenoxy) is 1. The van der Waals surface area contributed by atoms with Crippen LogP contribution in [0.1, 0.15) is 10.4 Å². The van der Waals surface area contributed by atoms with Gasteiger partial charge in [-0.1, -0.05) is 12.1 Å². The van der Waals surface area contributed by atoms with Crippen molar-refractivity contribution in [2.45, 2.75) is 0 Å². The number of carbonyl (C=O) groups excluding carboxylic acids is 1. The summed E-state index contributed by atoms with van der Waals surface area (Å²) in [5, 5.41) is 4.77. The molecular formula is C12H9NO2. The highest BCUT2D eigenvalue weighted by Gasteiger charge is 2.22. The van der Waals surface area contributed by atoms with E-state index in [2.05, 4.69) is 5.32 Å². The molecule has 74 valence electrons. The predicted molar refractivity (Wildman–Crippen MR) is 58.5 cm³/mol. The minimum absolute atomic E-state index is 0.0381. The zero-order valence-corrected chi connectivity index (χ0v) is 8.20. The lowest BCUT2D eigenvalue weighted by atomic mass is 10.0. The van der Waals surface area contributed by atoms with Crippen LogP contribution in [-0.2, 0) is 0 Å². The number of anilines is 1. The van der Waals surface area contributed by atoms with Crippen LogP contribution in [0.25, 0.3) is 10.8 Å². The predicted octanol–water partition coefficient (Wildman–Crippen LogP) is 2.41. The average Bonchev–Trinajstić information content (AvgIpc) is 2.59. The van der Waals surface area contributed by atoms with Crippen LogP contribution >= 0.6 is 0 Å². The number of carbonyl (C=O) groups is 1. The van der Waals surface area contributed by atoms with E-state index < -0.39 is 0 Å². The second kappa shape index (κ2) is 2.73. The van der Waals surface area contributed by atoms with E-state index in [0.29, 0.717) is 0 Å². The van der Waals surface area contributed by atoms with Crippen LogP contribution in [0.15, 0.2) is 30.3 Å². The lowest BCUT2D eigenvalue weighted by molar-refractivity contribution is 0.103. The van der Waals surface area contributed by atoms with Gasteiger partial charge in [-0.2, -0.15) is 0 Å². The quantitative estimate of drug-likeness (QED) is 0.765. The maximum atomic E-state index is 11.6. The maximum Gasteiger partial charge on any atom is 0.256 e. The van der Waals surface area contributed by atoms with Crippen LogP contribution in [0.3, 0.4) is 0 Å². The molecule has 0 aliphatic carbocycles. The Hall–Kier alpha value is -2.03. The third kappa shape index (κ3) is 0.973. The van der Waals surface area contributed by atoms with Crippen LogP contribution in [0.4, 0.5) is 5.69 Å². The van der Waals surface area contributed by atoms with E-state index in [4.69, 9.17) is 4.74 Å². The number of benzene rings is 2. The number of nitrogens with one attached hydrogen (secondary N) is 1. The van der Waals surface area contributed by atoms with Crippen molar-refractivity contribution < 1.29 is 9.53 Å². The molecule has 1 N–H and O–H groups in total. The Labute approximate surface area is 86.7 Å². The van der Waals surface area contributed by atoms with E-state index in [9.17, 15) is 4.79 Å². The summed E-state index contributed by atoms with van der Waals surface area (Å²) in [7, 11) is 1.63. The molecule has 0 spiro atoms. The van der Waals surface area contributed by atoms with Gasteiger partial charge in [-0.15, -0.1) is 0 Å². The Bertz CT molecular complexity index is 575. The molecule has 1 aliphatic rings. The topological polar surface area (TPSA) is 38.3 Å². The van der Waals surface area contributed by atoms with E-state index >= 15 is 0 Å². The molecule has 0 fully saturated rings. The molecule has 15 heavy (non-hydrogen) atoms. The van der Waals surface area contributed by atoms with Gasteiger partial charge in [-0.05, 0) is 18.2 Å². The summed E-state index contributed by atoms with van der Waals surface area (Å²) in [6, 6.07) is 9.40. The summed E-state index contributed by atoms with van der Waals surface area (Å²) < 4.78 is 5.26. The van der Waals surface area contributed by atoms with Gasteiger partial charge in [-0.25, -0.2) is 0 Å². The lowest BCUT2D eigenvalue weighted by Gasteiger charge is -2.05. The third-order valence-electron chi connectivity index (χ3n) is 2.71. The van der Waals surface area contributed by atoms with Crippen molar-refractivity contribution in [2.75, 3.05) is 12.4 Å². The van der Waals surface area contributed by atoms with Crippen molar-refractivity contribution >= 4 is 22.4 Å². The second-order valence-electron chi connectivity index (χ2n) is 3.50. The van der Waals surface area contributed by atoms with Crippen molar-refractivity contribution in [3.63, 3.8) is 0 Å². The summed E-state index contributed by atoms with van der Waals surface area (Å²) >= 11 is 0. The third-order valence-corrected chi connectivity index (χ3v) is 2.71. The zero-order chi connectivity index (χ0) is 10.4. The molecule has 1 aliphatic heterocycles. The Kier molecular flexibility index (Phi) is 1.51. The fourth-order valence-electron chi connectivity index (χ4n) is 2.04. The van der Waals surface area contributed by atoms with Gasteiger partial charge in [0.2, 0.25) is 0 Å². The van der Waals surface area contributed by atoms with Gasteiger partial charge < -0.3 is 10.1 Å². The monoisotopic (exact) mass is 199 g/mol. The van der Waals surface area contributed by atoms with E-state index in [1.807, 2.05) is 30.3 Å². The molecule has 0 unspecified atom stereocenters. The molecule has 3 heteroatoms. The van der Waals surface area contributed by atoms with Gasteiger partial charge in [-0.3, -0.25) is 4.79 Å². The van der Waals surface area contributed by atoms with Crippen LogP contribution in [0.5, 0.6) is 5.75 Å².